The normalized spacial score (nSPS) is 21.6. The van der Waals surface area contributed by atoms with Gasteiger partial charge in [-0.15, -0.1) is 0 Å². The first-order valence-corrected chi connectivity index (χ1v) is 19.6. The number of aromatic nitrogens is 2. The SMILES string of the molecule is CCC[C@@H](NC(=O)[C@@H]1C2CCC[C@H]2CN1C(=O)[C@@H](NC(=O)[C@H](NC(=O)c1cnccn1)C1CCCCC1)C(C)(C)C)C(=O)C(=O)NCc1ccc(C)cc1. The van der Waals surface area contributed by atoms with Gasteiger partial charge in [0.25, 0.3) is 11.8 Å². The van der Waals surface area contributed by atoms with Gasteiger partial charge in [-0.2, -0.15) is 0 Å². The Morgan fingerprint density at radius 1 is 0.889 bits per heavy atom. The minimum absolute atomic E-state index is 0.0932. The van der Waals surface area contributed by atoms with E-state index in [2.05, 4.69) is 31.2 Å². The van der Waals surface area contributed by atoms with Gasteiger partial charge in [0, 0.05) is 25.5 Å². The van der Waals surface area contributed by atoms with Crippen molar-refractivity contribution in [1.82, 2.24) is 36.1 Å². The number of nitrogens with one attached hydrogen (secondary N) is 4. The van der Waals surface area contributed by atoms with Crippen molar-refractivity contribution >= 4 is 35.3 Å². The topological polar surface area (TPSA) is 180 Å². The average Bonchev–Trinajstić information content (AvgIpc) is 3.77. The molecule has 1 saturated heterocycles. The average molecular weight is 744 g/mol. The van der Waals surface area contributed by atoms with Crippen LogP contribution in [0.25, 0.3) is 0 Å². The summed E-state index contributed by atoms with van der Waals surface area (Å²) >= 11 is 0. The third-order valence-corrected chi connectivity index (χ3v) is 11.3. The minimum atomic E-state index is -1.05. The van der Waals surface area contributed by atoms with Crippen LogP contribution in [-0.4, -0.2) is 80.9 Å². The molecule has 3 fully saturated rings. The molecule has 13 nitrogen and oxygen atoms in total. The molecule has 3 aliphatic rings. The van der Waals surface area contributed by atoms with E-state index < -0.39 is 59.0 Å². The first kappa shape index (κ1) is 40.5. The van der Waals surface area contributed by atoms with Crippen LogP contribution in [0.15, 0.2) is 42.9 Å². The van der Waals surface area contributed by atoms with E-state index in [1.54, 1.807) is 4.90 Å². The lowest BCUT2D eigenvalue weighted by Crippen LogP contribution is -2.62. The highest BCUT2D eigenvalue weighted by atomic mass is 16.2. The zero-order chi connectivity index (χ0) is 39.0. The van der Waals surface area contributed by atoms with Crippen LogP contribution in [0.1, 0.15) is 114 Å². The molecular formula is C41H57N7O6. The zero-order valence-corrected chi connectivity index (χ0v) is 32.4. The molecule has 292 valence electrons. The first-order valence-electron chi connectivity index (χ1n) is 19.6. The Bertz CT molecular complexity index is 1650. The second-order valence-corrected chi connectivity index (χ2v) is 16.4. The number of carbonyl (C=O) groups excluding carboxylic acids is 6. The van der Waals surface area contributed by atoms with Crippen LogP contribution in [0.3, 0.4) is 0 Å². The van der Waals surface area contributed by atoms with Gasteiger partial charge >= 0.3 is 0 Å². The van der Waals surface area contributed by atoms with Crippen molar-refractivity contribution in [3.8, 4) is 0 Å². The molecule has 1 aliphatic heterocycles. The lowest BCUT2D eigenvalue weighted by Gasteiger charge is -2.38. The second-order valence-electron chi connectivity index (χ2n) is 16.4. The molecule has 13 heteroatoms. The summed E-state index contributed by atoms with van der Waals surface area (Å²) in [6.45, 7) is 9.96. The van der Waals surface area contributed by atoms with Crippen molar-refractivity contribution in [3.63, 3.8) is 0 Å². The fraction of sp³-hybridized carbons (Fsp3) is 0.610. The van der Waals surface area contributed by atoms with Gasteiger partial charge in [-0.1, -0.05) is 89.6 Å². The molecule has 1 unspecified atom stereocenters. The molecule has 2 aromatic rings. The monoisotopic (exact) mass is 743 g/mol. The summed E-state index contributed by atoms with van der Waals surface area (Å²) in [5.74, 6) is -3.47. The van der Waals surface area contributed by atoms with Crippen molar-refractivity contribution in [2.24, 2.45) is 23.2 Å². The number of hydrogen-bond acceptors (Lipinski definition) is 8. The van der Waals surface area contributed by atoms with E-state index in [4.69, 9.17) is 0 Å². The molecule has 5 amide bonds. The van der Waals surface area contributed by atoms with E-state index in [9.17, 15) is 28.8 Å². The molecule has 5 rings (SSSR count). The predicted octanol–water partition coefficient (Wildman–Crippen LogP) is 3.79. The lowest BCUT2D eigenvalue weighted by molar-refractivity contribution is -0.146. The fourth-order valence-electron chi connectivity index (χ4n) is 8.36. The van der Waals surface area contributed by atoms with E-state index in [0.29, 0.717) is 13.0 Å². The summed E-state index contributed by atoms with van der Waals surface area (Å²) in [4.78, 5) is 92.5. The van der Waals surface area contributed by atoms with Crippen molar-refractivity contribution in [2.75, 3.05) is 6.54 Å². The molecule has 4 N–H and O–H groups in total. The van der Waals surface area contributed by atoms with E-state index in [1.807, 2.05) is 58.9 Å². The fourth-order valence-corrected chi connectivity index (χ4v) is 8.36. The number of nitrogens with zero attached hydrogens (tertiary/aromatic N) is 3. The molecule has 1 aromatic carbocycles. The number of carbonyl (C=O) groups is 6. The molecule has 6 atom stereocenters. The highest BCUT2D eigenvalue weighted by Gasteiger charge is 2.52. The standard InChI is InChI=1S/C41H57N7O6/c1-6-11-30(34(49)39(53)44-22-26-18-16-25(2)17-19-26)45-38(52)33-29-15-10-14-28(29)24-48(33)40(54)35(41(3,4)5)47-37(51)32(27-12-8-7-9-13-27)46-36(50)31-23-42-20-21-43-31/h16-21,23,27-30,32-33,35H,6-15,22,24H2,1-5H3,(H,44,53)(H,45,52)(H,46,50)(H,47,51)/t28-,29?,30+,32+,33-,35+/m0/s1. The van der Waals surface area contributed by atoms with Crippen LogP contribution in [0.2, 0.25) is 0 Å². The Labute approximate surface area is 318 Å². The number of hydrogen-bond donors (Lipinski definition) is 4. The maximum absolute atomic E-state index is 14.7. The van der Waals surface area contributed by atoms with Gasteiger partial charge in [-0.3, -0.25) is 33.8 Å². The van der Waals surface area contributed by atoms with Gasteiger partial charge in [0.15, 0.2) is 0 Å². The summed E-state index contributed by atoms with van der Waals surface area (Å²) in [7, 11) is 0. The van der Waals surface area contributed by atoms with Crippen LogP contribution in [0, 0.1) is 30.1 Å². The number of benzene rings is 1. The lowest BCUT2D eigenvalue weighted by atomic mass is 9.82. The van der Waals surface area contributed by atoms with Crippen molar-refractivity contribution < 1.29 is 28.8 Å². The molecule has 54 heavy (non-hydrogen) atoms. The van der Waals surface area contributed by atoms with Gasteiger partial charge < -0.3 is 26.2 Å². The molecule has 0 spiro atoms. The third kappa shape index (κ3) is 9.89. The Hall–Kier alpha value is -4.68. The van der Waals surface area contributed by atoms with E-state index >= 15 is 0 Å². The highest BCUT2D eigenvalue weighted by molar-refractivity contribution is 6.38. The largest absolute Gasteiger partial charge is 0.345 e. The number of amides is 5. The Morgan fingerprint density at radius 3 is 2.26 bits per heavy atom. The minimum Gasteiger partial charge on any atom is -0.345 e. The van der Waals surface area contributed by atoms with E-state index in [1.165, 1.54) is 18.6 Å². The van der Waals surface area contributed by atoms with Crippen molar-refractivity contribution in [3.05, 3.63) is 59.7 Å². The van der Waals surface area contributed by atoms with Crippen LogP contribution >= 0.6 is 0 Å². The molecule has 1 aromatic heterocycles. The van der Waals surface area contributed by atoms with Crippen molar-refractivity contribution in [2.45, 2.75) is 130 Å². The molecule has 2 saturated carbocycles. The Morgan fingerprint density at radius 2 is 1.61 bits per heavy atom. The highest BCUT2D eigenvalue weighted by Crippen LogP contribution is 2.43. The van der Waals surface area contributed by atoms with Crippen LogP contribution in [0.4, 0.5) is 0 Å². The van der Waals surface area contributed by atoms with Gasteiger partial charge in [0.2, 0.25) is 23.5 Å². The van der Waals surface area contributed by atoms with E-state index in [-0.39, 0.29) is 42.3 Å². The number of rotatable bonds is 14. The quantitative estimate of drug-likeness (QED) is 0.211. The summed E-state index contributed by atoms with van der Waals surface area (Å²) in [6.07, 6.45) is 12.0. The van der Waals surface area contributed by atoms with Crippen molar-refractivity contribution in [1.29, 1.82) is 0 Å². The number of fused-ring (bicyclic) bond motifs is 1. The Balaban J connectivity index is 1.33. The smallest absolute Gasteiger partial charge is 0.289 e. The van der Waals surface area contributed by atoms with Gasteiger partial charge in [-0.05, 0) is 67.8 Å². The second kappa shape index (κ2) is 18.1. The maximum atomic E-state index is 14.7. The number of Topliss-reactive ketones (excluding diaryl/α,β-unsaturated/α-hetero) is 1. The number of ketones is 1. The van der Waals surface area contributed by atoms with Crippen LogP contribution in [-0.2, 0) is 30.5 Å². The first-order chi connectivity index (χ1) is 25.8. The number of likely N-dealkylation sites (tertiary alicyclic amines) is 1. The predicted molar refractivity (Wildman–Crippen MR) is 202 cm³/mol. The molecule has 2 aliphatic carbocycles. The van der Waals surface area contributed by atoms with Gasteiger partial charge in [0.1, 0.15) is 23.8 Å². The maximum Gasteiger partial charge on any atom is 0.289 e. The summed E-state index contributed by atoms with van der Waals surface area (Å²) < 4.78 is 0. The Kier molecular flexibility index (Phi) is 13.6. The number of aryl methyl sites for hydroxylation is 1. The molecule has 2 heterocycles. The molecule has 0 bridgehead atoms. The van der Waals surface area contributed by atoms with Gasteiger partial charge in [0.05, 0.1) is 12.2 Å². The third-order valence-electron chi connectivity index (χ3n) is 11.3. The van der Waals surface area contributed by atoms with Crippen LogP contribution in [0.5, 0.6) is 0 Å². The summed E-state index contributed by atoms with van der Waals surface area (Å²) in [5.41, 5.74) is 1.27. The van der Waals surface area contributed by atoms with Gasteiger partial charge in [-0.25, -0.2) is 4.98 Å². The summed E-state index contributed by atoms with van der Waals surface area (Å²) in [6, 6.07) is 3.80. The van der Waals surface area contributed by atoms with Crippen LogP contribution < -0.4 is 21.3 Å². The molecular weight excluding hydrogens is 686 g/mol. The zero-order valence-electron chi connectivity index (χ0n) is 32.4. The van der Waals surface area contributed by atoms with E-state index in [0.717, 1.165) is 62.5 Å². The molecule has 0 radical (unpaired) electrons. The summed E-state index contributed by atoms with van der Waals surface area (Å²) in [5, 5.41) is 11.5.